The molecule has 1 N–H and O–H groups in total. The number of nitrogens with zero attached hydrogens (tertiary/aromatic N) is 2. The minimum atomic E-state index is -0.886. The van der Waals surface area contributed by atoms with Crippen molar-refractivity contribution in [3.05, 3.63) is 81.8 Å². The number of aliphatic hydroxyl groups is 1. The molecule has 3 heterocycles. The number of halogens is 1. The van der Waals surface area contributed by atoms with E-state index in [0.29, 0.717) is 58.8 Å². The van der Waals surface area contributed by atoms with Crippen LogP contribution in [0.4, 0.5) is 5.13 Å². The van der Waals surface area contributed by atoms with Crippen LogP contribution in [0.5, 0.6) is 17.2 Å². The lowest BCUT2D eigenvalue weighted by molar-refractivity contribution is -0.132. The Bertz CT molecular complexity index is 1610. The van der Waals surface area contributed by atoms with Crippen molar-refractivity contribution < 1.29 is 28.9 Å². The highest BCUT2D eigenvalue weighted by atomic mass is 79.9. The van der Waals surface area contributed by atoms with Crippen molar-refractivity contribution in [1.29, 1.82) is 0 Å². The molecule has 0 unspecified atom stereocenters. The standard InChI is InChI=1S/C28H21BrN2O6S/c1-2-35-18-8-9-19-22(14-18)38-28(30-19)31-24(15-3-6-17(29)7-4-15)23(26(33)27(31)34)25(32)16-5-10-20-21(13-16)37-12-11-36-20/h3-10,13-14,24,32H,2,11-12H2,1H3/b25-23+/t24-/m0/s1. The number of carbonyl (C=O) groups excluding carboxylic acids is 2. The van der Waals surface area contributed by atoms with Gasteiger partial charge in [0.25, 0.3) is 5.78 Å². The fourth-order valence-corrected chi connectivity index (χ4v) is 5.87. The zero-order chi connectivity index (χ0) is 26.4. The Labute approximate surface area is 230 Å². The number of hydrogen-bond donors (Lipinski definition) is 1. The Kier molecular flexibility index (Phi) is 6.29. The number of thiazole rings is 1. The predicted octanol–water partition coefficient (Wildman–Crippen LogP) is 5.86. The monoisotopic (exact) mass is 592 g/mol. The van der Waals surface area contributed by atoms with Crippen molar-refractivity contribution in [2.45, 2.75) is 13.0 Å². The zero-order valence-electron chi connectivity index (χ0n) is 20.1. The highest BCUT2D eigenvalue weighted by Crippen LogP contribution is 2.45. The Balaban J connectivity index is 1.51. The zero-order valence-corrected chi connectivity index (χ0v) is 22.5. The maximum atomic E-state index is 13.5. The molecule has 2 aliphatic heterocycles. The van der Waals surface area contributed by atoms with Gasteiger partial charge in [-0.3, -0.25) is 14.5 Å². The quantitative estimate of drug-likeness (QED) is 0.176. The van der Waals surface area contributed by atoms with Crippen LogP contribution in [0.1, 0.15) is 24.1 Å². The van der Waals surface area contributed by atoms with Crippen molar-refractivity contribution in [1.82, 2.24) is 4.98 Å². The van der Waals surface area contributed by atoms with Gasteiger partial charge in [-0.25, -0.2) is 4.98 Å². The number of aliphatic hydroxyl groups excluding tert-OH is 1. The van der Waals surface area contributed by atoms with E-state index in [2.05, 4.69) is 20.9 Å². The van der Waals surface area contributed by atoms with Gasteiger partial charge in [-0.1, -0.05) is 39.4 Å². The summed E-state index contributed by atoms with van der Waals surface area (Å²) < 4.78 is 18.5. The van der Waals surface area contributed by atoms with Gasteiger partial charge in [-0.15, -0.1) is 0 Å². The van der Waals surface area contributed by atoms with E-state index in [9.17, 15) is 14.7 Å². The van der Waals surface area contributed by atoms with Gasteiger partial charge >= 0.3 is 5.91 Å². The van der Waals surface area contributed by atoms with Crippen molar-refractivity contribution in [3.63, 3.8) is 0 Å². The van der Waals surface area contributed by atoms with Crippen molar-refractivity contribution in [2.75, 3.05) is 24.7 Å². The first-order valence-corrected chi connectivity index (χ1v) is 13.6. The molecule has 1 aromatic heterocycles. The Morgan fingerprint density at radius 2 is 1.84 bits per heavy atom. The number of ether oxygens (including phenoxy) is 3. The fourth-order valence-electron chi connectivity index (χ4n) is 4.59. The average Bonchev–Trinajstić information content (AvgIpc) is 3.46. The molecule has 3 aromatic carbocycles. The predicted molar refractivity (Wildman–Crippen MR) is 147 cm³/mol. The lowest BCUT2D eigenvalue weighted by atomic mass is 9.95. The lowest BCUT2D eigenvalue weighted by Crippen LogP contribution is -2.29. The molecule has 0 saturated carbocycles. The Hall–Kier alpha value is -3.89. The molecule has 8 nitrogen and oxygen atoms in total. The smallest absolute Gasteiger partial charge is 0.301 e. The SMILES string of the molecule is CCOc1ccc2nc(N3C(=O)C(=O)/C(=C(/O)c4ccc5c(c4)OCCO5)[C@@H]3c3ccc(Br)cc3)sc2c1. The van der Waals surface area contributed by atoms with E-state index >= 15 is 0 Å². The average molecular weight is 593 g/mol. The first-order chi connectivity index (χ1) is 18.4. The van der Waals surface area contributed by atoms with Crippen LogP contribution < -0.4 is 19.1 Å². The van der Waals surface area contributed by atoms with Crippen LogP contribution in [-0.2, 0) is 9.59 Å². The molecular weight excluding hydrogens is 572 g/mol. The van der Waals surface area contributed by atoms with Crippen molar-refractivity contribution >= 4 is 60.1 Å². The summed E-state index contributed by atoms with van der Waals surface area (Å²) in [4.78, 5) is 33.0. The lowest BCUT2D eigenvalue weighted by Gasteiger charge is -2.23. The number of fused-ring (bicyclic) bond motifs is 2. The highest BCUT2D eigenvalue weighted by molar-refractivity contribution is 9.10. The molecule has 0 spiro atoms. The minimum Gasteiger partial charge on any atom is -0.507 e. The second-order valence-electron chi connectivity index (χ2n) is 8.64. The molecule has 2 aliphatic rings. The second kappa shape index (κ2) is 9.77. The van der Waals surface area contributed by atoms with Gasteiger partial charge < -0.3 is 19.3 Å². The molecule has 0 bridgehead atoms. The van der Waals surface area contributed by atoms with Crippen molar-refractivity contribution in [3.8, 4) is 17.2 Å². The number of Topliss-reactive ketones (excluding diaryl/α,β-unsaturated/α-hetero) is 1. The van der Waals surface area contributed by atoms with Gasteiger partial charge in [0, 0.05) is 10.0 Å². The molecule has 1 atom stereocenters. The minimum absolute atomic E-state index is 0.0248. The summed E-state index contributed by atoms with van der Waals surface area (Å²) in [5, 5.41) is 11.8. The number of benzene rings is 3. The summed E-state index contributed by atoms with van der Waals surface area (Å²) in [6, 6.07) is 16.8. The number of aromatic nitrogens is 1. The summed E-state index contributed by atoms with van der Waals surface area (Å²) in [6.07, 6.45) is 0. The first kappa shape index (κ1) is 24.4. The highest BCUT2D eigenvalue weighted by Gasteiger charge is 2.48. The van der Waals surface area contributed by atoms with Crippen LogP contribution in [0.3, 0.4) is 0 Å². The molecule has 0 aliphatic carbocycles. The number of amides is 1. The summed E-state index contributed by atoms with van der Waals surface area (Å²) in [7, 11) is 0. The molecule has 1 fully saturated rings. The van der Waals surface area contributed by atoms with E-state index in [1.807, 2.05) is 49.4 Å². The van der Waals surface area contributed by atoms with Crippen LogP contribution in [-0.4, -0.2) is 41.6 Å². The van der Waals surface area contributed by atoms with Gasteiger partial charge in [0.05, 0.1) is 28.4 Å². The van der Waals surface area contributed by atoms with Gasteiger partial charge in [0.1, 0.15) is 24.7 Å². The van der Waals surface area contributed by atoms with Crippen molar-refractivity contribution in [2.24, 2.45) is 0 Å². The molecule has 6 rings (SSSR count). The summed E-state index contributed by atoms with van der Waals surface area (Å²) in [6.45, 7) is 3.24. The topological polar surface area (TPSA) is 98.2 Å². The van der Waals surface area contributed by atoms with E-state index in [0.717, 1.165) is 9.17 Å². The summed E-state index contributed by atoms with van der Waals surface area (Å²) in [5.74, 6) is -0.138. The molecule has 38 heavy (non-hydrogen) atoms. The second-order valence-corrected chi connectivity index (χ2v) is 10.6. The molecule has 0 radical (unpaired) electrons. The summed E-state index contributed by atoms with van der Waals surface area (Å²) >= 11 is 4.72. The number of rotatable bonds is 5. The van der Waals surface area contributed by atoms with Crippen LogP contribution in [0.15, 0.2) is 70.7 Å². The van der Waals surface area contributed by atoms with Crippen LogP contribution >= 0.6 is 27.3 Å². The molecule has 192 valence electrons. The fraction of sp³-hybridized carbons (Fsp3) is 0.179. The van der Waals surface area contributed by atoms with Crippen LogP contribution in [0.25, 0.3) is 16.0 Å². The maximum Gasteiger partial charge on any atom is 0.301 e. The third-order valence-corrected chi connectivity index (χ3v) is 7.86. The van der Waals surface area contributed by atoms with E-state index in [4.69, 9.17) is 14.2 Å². The van der Waals surface area contributed by atoms with Gasteiger partial charge in [0.15, 0.2) is 16.6 Å². The van der Waals surface area contributed by atoms with E-state index in [1.165, 1.54) is 16.2 Å². The number of ketones is 1. The molecule has 1 amide bonds. The molecule has 4 aromatic rings. The first-order valence-electron chi connectivity index (χ1n) is 11.9. The number of hydrogen-bond acceptors (Lipinski definition) is 8. The van der Waals surface area contributed by atoms with Gasteiger partial charge in [-0.05, 0) is 61.0 Å². The molecule has 10 heteroatoms. The largest absolute Gasteiger partial charge is 0.507 e. The van der Waals surface area contributed by atoms with E-state index < -0.39 is 17.7 Å². The van der Waals surface area contributed by atoms with E-state index in [-0.39, 0.29) is 11.3 Å². The molecule has 1 saturated heterocycles. The Morgan fingerprint density at radius 1 is 1.08 bits per heavy atom. The van der Waals surface area contributed by atoms with Gasteiger partial charge in [-0.2, -0.15) is 0 Å². The third kappa shape index (κ3) is 4.19. The van der Waals surface area contributed by atoms with Crippen LogP contribution in [0, 0.1) is 0 Å². The van der Waals surface area contributed by atoms with E-state index in [1.54, 1.807) is 18.2 Å². The van der Waals surface area contributed by atoms with Gasteiger partial charge in [0.2, 0.25) is 0 Å². The Morgan fingerprint density at radius 3 is 2.61 bits per heavy atom. The maximum absolute atomic E-state index is 13.5. The molecular formula is C28H21BrN2O6S. The normalized spacial score (nSPS) is 18.3. The summed E-state index contributed by atoms with van der Waals surface area (Å²) in [5.41, 5.74) is 1.65. The number of anilines is 1. The number of carbonyl (C=O) groups is 2. The van der Waals surface area contributed by atoms with Crippen LogP contribution in [0.2, 0.25) is 0 Å². The third-order valence-electron chi connectivity index (χ3n) is 6.31.